The van der Waals surface area contributed by atoms with Crippen LogP contribution in [0.2, 0.25) is 0 Å². The second kappa shape index (κ2) is 8.07. The number of carbonyl (C=O) groups excluding carboxylic acids is 1. The number of aryl methyl sites for hydroxylation is 1. The zero-order chi connectivity index (χ0) is 21.3. The number of carbonyl (C=O) groups is 1. The van der Waals surface area contributed by atoms with Crippen LogP contribution in [0.4, 0.5) is 5.82 Å². The van der Waals surface area contributed by atoms with E-state index in [9.17, 15) is 4.79 Å². The van der Waals surface area contributed by atoms with Crippen LogP contribution in [0.25, 0.3) is 10.3 Å². The van der Waals surface area contributed by atoms with Gasteiger partial charge in [0, 0.05) is 51.2 Å². The second-order valence-corrected chi connectivity index (χ2v) is 8.13. The topological polar surface area (TPSA) is 116 Å². The van der Waals surface area contributed by atoms with E-state index in [-0.39, 0.29) is 5.91 Å². The average Bonchev–Trinajstić information content (AvgIpc) is 3.44. The van der Waals surface area contributed by atoms with Crippen LogP contribution in [-0.4, -0.2) is 50.9 Å². The van der Waals surface area contributed by atoms with Crippen molar-refractivity contribution in [2.45, 2.75) is 13.0 Å². The molecule has 0 saturated carbocycles. The molecule has 1 amide bonds. The van der Waals surface area contributed by atoms with Crippen molar-refractivity contribution in [3.05, 3.63) is 58.1 Å². The number of hydrogen-bond donors (Lipinski definition) is 3. The molecule has 0 bridgehead atoms. The number of anilines is 1. The predicted molar refractivity (Wildman–Crippen MR) is 118 cm³/mol. The summed E-state index contributed by atoms with van der Waals surface area (Å²) in [5.41, 5.74) is 3.44. The van der Waals surface area contributed by atoms with E-state index in [0.717, 1.165) is 26.9 Å². The van der Waals surface area contributed by atoms with E-state index in [1.54, 1.807) is 23.9 Å². The van der Waals surface area contributed by atoms with E-state index in [1.807, 2.05) is 37.2 Å². The first kappa shape index (κ1) is 19.8. The van der Waals surface area contributed by atoms with Gasteiger partial charge in [-0.05, 0) is 18.2 Å². The highest BCUT2D eigenvalue weighted by Crippen LogP contribution is 2.30. The molecule has 3 N–H and O–H groups in total. The summed E-state index contributed by atoms with van der Waals surface area (Å²) >= 11 is 1.49. The van der Waals surface area contributed by atoms with Gasteiger partial charge in [0.2, 0.25) is 0 Å². The number of fused-ring (bicyclic) bond motifs is 1. The summed E-state index contributed by atoms with van der Waals surface area (Å²) < 4.78 is 2.58. The molecule has 4 rings (SSSR count). The molecule has 4 heterocycles. The zero-order valence-corrected chi connectivity index (χ0v) is 17.7. The first-order chi connectivity index (χ1) is 14.5. The van der Waals surface area contributed by atoms with Gasteiger partial charge < -0.3 is 20.2 Å². The van der Waals surface area contributed by atoms with Crippen LogP contribution < -0.4 is 10.2 Å². The third-order valence-electron chi connectivity index (χ3n) is 4.75. The molecule has 0 aliphatic carbocycles. The predicted octanol–water partition coefficient (Wildman–Crippen LogP) is 2.34. The van der Waals surface area contributed by atoms with Gasteiger partial charge in [0.05, 0.1) is 16.9 Å². The fourth-order valence-corrected chi connectivity index (χ4v) is 4.38. The molecule has 0 spiro atoms. The van der Waals surface area contributed by atoms with Gasteiger partial charge in [0.25, 0.3) is 5.91 Å². The van der Waals surface area contributed by atoms with E-state index in [2.05, 4.69) is 20.5 Å². The third kappa shape index (κ3) is 3.69. The molecule has 4 aromatic heterocycles. The van der Waals surface area contributed by atoms with Crippen molar-refractivity contribution in [3.8, 4) is 0 Å². The lowest BCUT2D eigenvalue weighted by molar-refractivity contribution is 0.0942. The first-order valence-corrected chi connectivity index (χ1v) is 10.2. The van der Waals surface area contributed by atoms with Crippen molar-refractivity contribution in [2.24, 2.45) is 7.05 Å². The van der Waals surface area contributed by atoms with Crippen molar-refractivity contribution in [1.29, 1.82) is 5.41 Å². The summed E-state index contributed by atoms with van der Waals surface area (Å²) in [5, 5.41) is 18.3. The number of H-pyrrole nitrogens is 1. The van der Waals surface area contributed by atoms with Crippen LogP contribution in [0.15, 0.2) is 30.5 Å². The number of rotatable bonds is 7. The highest BCUT2D eigenvalue weighted by molar-refractivity contribution is 7.19. The van der Waals surface area contributed by atoms with E-state index < -0.39 is 0 Å². The Balaban J connectivity index is 1.61. The van der Waals surface area contributed by atoms with Crippen molar-refractivity contribution in [3.63, 3.8) is 0 Å². The van der Waals surface area contributed by atoms with Gasteiger partial charge in [-0.15, -0.1) is 11.3 Å². The van der Waals surface area contributed by atoms with Crippen LogP contribution in [0.3, 0.4) is 0 Å². The molecule has 0 saturated heterocycles. The summed E-state index contributed by atoms with van der Waals surface area (Å²) in [6, 6.07) is 7.72. The van der Waals surface area contributed by atoms with Crippen LogP contribution in [0.1, 0.15) is 32.4 Å². The van der Waals surface area contributed by atoms with E-state index in [4.69, 9.17) is 10.4 Å². The number of amides is 1. The monoisotopic (exact) mass is 422 g/mol. The summed E-state index contributed by atoms with van der Waals surface area (Å²) in [6.07, 6.45) is 3.46. The van der Waals surface area contributed by atoms with E-state index >= 15 is 0 Å². The van der Waals surface area contributed by atoms with Gasteiger partial charge in [0.15, 0.2) is 5.65 Å². The lowest BCUT2D eigenvalue weighted by atomic mass is 10.2. The molecular formula is C20H22N8OS. The SMILES string of the molecule is CN(C)c1cccc(Cc2nc3c(s2)c(C=N)c(C(=O)NCc2ccn[nH]2)n3C)n1. The molecule has 0 aliphatic rings. The average molecular weight is 423 g/mol. The Morgan fingerprint density at radius 3 is 2.87 bits per heavy atom. The number of aromatic nitrogens is 5. The van der Waals surface area contributed by atoms with Crippen molar-refractivity contribution < 1.29 is 4.79 Å². The Morgan fingerprint density at radius 1 is 1.33 bits per heavy atom. The van der Waals surface area contributed by atoms with E-state index in [1.165, 1.54) is 17.6 Å². The smallest absolute Gasteiger partial charge is 0.269 e. The van der Waals surface area contributed by atoms with Crippen molar-refractivity contribution in [2.75, 3.05) is 19.0 Å². The number of hydrogen-bond acceptors (Lipinski definition) is 7. The number of nitrogens with one attached hydrogen (secondary N) is 3. The lowest BCUT2D eigenvalue weighted by Crippen LogP contribution is -2.26. The minimum Gasteiger partial charge on any atom is -0.363 e. The van der Waals surface area contributed by atoms with Crippen molar-refractivity contribution in [1.82, 2.24) is 30.0 Å². The zero-order valence-electron chi connectivity index (χ0n) is 16.9. The Bertz CT molecular complexity index is 1210. The van der Waals surface area contributed by atoms with Gasteiger partial charge in [-0.1, -0.05) is 6.07 Å². The Hall–Kier alpha value is -3.53. The number of pyridine rings is 1. The molecule has 30 heavy (non-hydrogen) atoms. The molecule has 0 fully saturated rings. The highest BCUT2D eigenvalue weighted by Gasteiger charge is 2.23. The maximum Gasteiger partial charge on any atom is 0.269 e. The molecule has 0 atom stereocenters. The maximum atomic E-state index is 12.8. The normalized spacial score (nSPS) is 11.0. The van der Waals surface area contributed by atoms with Crippen molar-refractivity contribution >= 4 is 39.6 Å². The van der Waals surface area contributed by atoms with Gasteiger partial charge >= 0.3 is 0 Å². The molecule has 0 aliphatic heterocycles. The summed E-state index contributed by atoms with van der Waals surface area (Å²) in [7, 11) is 5.72. The molecule has 9 nitrogen and oxygen atoms in total. The number of thiazole rings is 1. The van der Waals surface area contributed by atoms with Crippen LogP contribution in [-0.2, 0) is 20.0 Å². The van der Waals surface area contributed by atoms with Gasteiger partial charge in [-0.25, -0.2) is 9.97 Å². The Labute approximate surface area is 177 Å². The first-order valence-electron chi connectivity index (χ1n) is 9.36. The third-order valence-corrected chi connectivity index (χ3v) is 5.82. The van der Waals surface area contributed by atoms with Gasteiger partial charge in [0.1, 0.15) is 16.5 Å². The number of aromatic amines is 1. The molecular weight excluding hydrogens is 400 g/mol. The Morgan fingerprint density at radius 2 is 2.17 bits per heavy atom. The fourth-order valence-electron chi connectivity index (χ4n) is 3.25. The lowest BCUT2D eigenvalue weighted by Gasteiger charge is -2.11. The van der Waals surface area contributed by atoms with Crippen LogP contribution in [0.5, 0.6) is 0 Å². The number of nitrogens with zero attached hydrogens (tertiary/aromatic N) is 5. The van der Waals surface area contributed by atoms with Crippen LogP contribution >= 0.6 is 11.3 Å². The molecule has 154 valence electrons. The maximum absolute atomic E-state index is 12.8. The summed E-state index contributed by atoms with van der Waals surface area (Å²) in [4.78, 5) is 24.1. The second-order valence-electron chi connectivity index (χ2n) is 7.05. The minimum atomic E-state index is -0.252. The Kier molecular flexibility index (Phi) is 5.32. The largest absolute Gasteiger partial charge is 0.363 e. The molecule has 10 heteroatoms. The van der Waals surface area contributed by atoms with Gasteiger partial charge in [-0.2, -0.15) is 5.10 Å². The summed E-state index contributed by atoms with van der Waals surface area (Å²) in [5.74, 6) is 0.641. The molecule has 0 aromatic carbocycles. The minimum absolute atomic E-state index is 0.252. The van der Waals surface area contributed by atoms with Crippen LogP contribution in [0, 0.1) is 5.41 Å². The quantitative estimate of drug-likeness (QED) is 0.395. The molecule has 0 radical (unpaired) electrons. The standard InChI is InChI=1S/C20H22N8OS/c1-27(2)15-6-4-5-12(24-15)9-16-25-19-18(30-16)14(10-21)17(28(19)3)20(29)22-11-13-7-8-23-26-13/h4-8,10,21H,9,11H2,1-3H3,(H,22,29)(H,23,26). The molecule has 0 unspecified atom stereocenters. The molecule has 4 aromatic rings. The van der Waals surface area contributed by atoms with Gasteiger partial charge in [-0.3, -0.25) is 9.89 Å². The van der Waals surface area contributed by atoms with E-state index in [0.29, 0.717) is 29.9 Å². The fraction of sp³-hybridized carbons (Fsp3) is 0.250. The highest BCUT2D eigenvalue weighted by atomic mass is 32.1. The summed E-state index contributed by atoms with van der Waals surface area (Å²) in [6.45, 7) is 0.335.